The fourth-order valence-electron chi connectivity index (χ4n) is 4.56. The highest BCUT2D eigenvalue weighted by molar-refractivity contribution is 5.95. The summed E-state index contributed by atoms with van der Waals surface area (Å²) in [6.07, 6.45) is 12.0. The van der Waals surface area contributed by atoms with Crippen LogP contribution in [0.1, 0.15) is 60.9 Å². The standard InChI is InChI=1S/C32H36N6O/c1-3-4-5-6-8-25-9-7-10-27(19-25)31(34-18-17-24-11-13-26(20-33)14-12-24)32(39)37-30-16-15-28(21-35-30)29-22-36-38(2)23-29/h7,9-16,19,21-23,31,34H,3-6,8,17-18H2,1-2H3,(H,35,37,39). The van der Waals surface area contributed by atoms with Crippen molar-refractivity contribution in [3.8, 4) is 17.2 Å². The van der Waals surface area contributed by atoms with Gasteiger partial charge in [-0.25, -0.2) is 4.98 Å². The molecule has 0 fully saturated rings. The van der Waals surface area contributed by atoms with E-state index in [0.29, 0.717) is 17.9 Å². The van der Waals surface area contributed by atoms with Crippen molar-refractivity contribution in [1.29, 1.82) is 5.26 Å². The number of aromatic nitrogens is 3. The smallest absolute Gasteiger partial charge is 0.247 e. The summed E-state index contributed by atoms with van der Waals surface area (Å²) in [6, 6.07) is 21.3. The number of nitrogens with zero attached hydrogens (tertiary/aromatic N) is 4. The zero-order chi connectivity index (χ0) is 27.5. The minimum Gasteiger partial charge on any atom is -0.309 e. The Hall–Kier alpha value is -4.28. The third kappa shape index (κ3) is 8.10. The van der Waals surface area contributed by atoms with E-state index in [-0.39, 0.29) is 5.91 Å². The predicted molar refractivity (Wildman–Crippen MR) is 155 cm³/mol. The van der Waals surface area contributed by atoms with Crippen molar-refractivity contribution < 1.29 is 4.79 Å². The van der Waals surface area contributed by atoms with E-state index in [2.05, 4.69) is 45.8 Å². The minimum absolute atomic E-state index is 0.153. The molecule has 0 radical (unpaired) electrons. The van der Waals surface area contributed by atoms with Crippen molar-refractivity contribution in [2.75, 3.05) is 11.9 Å². The number of hydrogen-bond acceptors (Lipinski definition) is 5. The van der Waals surface area contributed by atoms with Crippen LogP contribution in [0, 0.1) is 11.3 Å². The van der Waals surface area contributed by atoms with Crippen LogP contribution in [-0.2, 0) is 24.7 Å². The molecule has 0 aliphatic rings. The number of benzene rings is 2. The van der Waals surface area contributed by atoms with Crippen LogP contribution < -0.4 is 10.6 Å². The SMILES string of the molecule is CCCCCCc1cccc(C(NCCc2ccc(C#N)cc2)C(=O)Nc2ccc(-c3cnn(C)c3)cn2)c1. The number of carbonyl (C=O) groups excluding carboxylic acids is 1. The Morgan fingerprint density at radius 3 is 2.51 bits per heavy atom. The maximum absolute atomic E-state index is 13.5. The number of nitriles is 1. The third-order valence-corrected chi connectivity index (χ3v) is 6.76. The number of rotatable bonds is 13. The van der Waals surface area contributed by atoms with Gasteiger partial charge in [0.1, 0.15) is 11.9 Å². The molecule has 2 aromatic heterocycles. The van der Waals surface area contributed by atoms with Crippen molar-refractivity contribution in [2.45, 2.75) is 51.5 Å². The molecule has 4 aromatic rings. The van der Waals surface area contributed by atoms with Gasteiger partial charge in [-0.05, 0) is 60.2 Å². The Morgan fingerprint density at radius 2 is 1.82 bits per heavy atom. The molecule has 0 spiro atoms. The molecule has 0 aliphatic heterocycles. The molecule has 2 N–H and O–H groups in total. The molecule has 7 heteroatoms. The second-order valence-electron chi connectivity index (χ2n) is 9.83. The Kier molecular flexibility index (Phi) is 9.98. The Morgan fingerprint density at radius 1 is 0.974 bits per heavy atom. The summed E-state index contributed by atoms with van der Waals surface area (Å²) < 4.78 is 1.75. The van der Waals surface area contributed by atoms with E-state index in [0.717, 1.165) is 41.5 Å². The molecule has 4 rings (SSSR count). The van der Waals surface area contributed by atoms with E-state index in [1.807, 2.05) is 61.8 Å². The summed E-state index contributed by atoms with van der Waals surface area (Å²) >= 11 is 0. The molecule has 0 aliphatic carbocycles. The number of amides is 1. The maximum atomic E-state index is 13.5. The first-order valence-electron chi connectivity index (χ1n) is 13.6. The molecule has 1 unspecified atom stereocenters. The summed E-state index contributed by atoms with van der Waals surface area (Å²) in [5.41, 5.74) is 5.84. The monoisotopic (exact) mass is 520 g/mol. The number of hydrogen-bond donors (Lipinski definition) is 2. The first-order chi connectivity index (χ1) is 19.1. The normalized spacial score (nSPS) is 11.6. The molecule has 1 atom stereocenters. The fraction of sp³-hybridized carbons (Fsp3) is 0.312. The van der Waals surface area contributed by atoms with Crippen LogP contribution in [0.2, 0.25) is 0 Å². The zero-order valence-corrected chi connectivity index (χ0v) is 22.7. The molecular weight excluding hydrogens is 484 g/mol. The van der Waals surface area contributed by atoms with Gasteiger partial charge in [-0.2, -0.15) is 10.4 Å². The second kappa shape index (κ2) is 14.0. The summed E-state index contributed by atoms with van der Waals surface area (Å²) in [7, 11) is 1.88. The van der Waals surface area contributed by atoms with Crippen molar-refractivity contribution in [1.82, 2.24) is 20.1 Å². The highest BCUT2D eigenvalue weighted by atomic mass is 16.2. The molecule has 2 heterocycles. The Bertz CT molecular complexity index is 1390. The van der Waals surface area contributed by atoms with Gasteiger partial charge >= 0.3 is 0 Å². The molecule has 200 valence electrons. The topological polar surface area (TPSA) is 95.6 Å². The lowest BCUT2D eigenvalue weighted by atomic mass is 9.99. The molecular formula is C32H36N6O. The average Bonchev–Trinajstić information content (AvgIpc) is 3.40. The van der Waals surface area contributed by atoms with Gasteiger partial charge in [-0.15, -0.1) is 0 Å². The lowest BCUT2D eigenvalue weighted by molar-refractivity contribution is -0.118. The van der Waals surface area contributed by atoms with E-state index in [9.17, 15) is 4.79 Å². The largest absolute Gasteiger partial charge is 0.309 e. The van der Waals surface area contributed by atoms with Gasteiger partial charge in [-0.3, -0.25) is 9.48 Å². The molecule has 39 heavy (non-hydrogen) atoms. The lowest BCUT2D eigenvalue weighted by Crippen LogP contribution is -2.34. The molecule has 2 aromatic carbocycles. The number of nitrogens with one attached hydrogen (secondary N) is 2. The van der Waals surface area contributed by atoms with Crippen LogP contribution in [0.3, 0.4) is 0 Å². The quantitative estimate of drug-likeness (QED) is 0.211. The van der Waals surface area contributed by atoms with Crippen LogP contribution in [-0.4, -0.2) is 27.2 Å². The van der Waals surface area contributed by atoms with E-state index in [1.165, 1.54) is 24.8 Å². The van der Waals surface area contributed by atoms with Gasteiger partial charge in [0.15, 0.2) is 0 Å². The van der Waals surface area contributed by atoms with Crippen molar-refractivity contribution in [2.24, 2.45) is 7.05 Å². The number of aryl methyl sites for hydroxylation is 2. The summed E-state index contributed by atoms with van der Waals surface area (Å²) in [5, 5.41) is 19.7. The molecule has 0 bridgehead atoms. The number of pyridine rings is 1. The highest BCUT2D eigenvalue weighted by Gasteiger charge is 2.21. The number of carbonyl (C=O) groups is 1. The van der Waals surface area contributed by atoms with Crippen molar-refractivity contribution in [3.05, 3.63) is 102 Å². The van der Waals surface area contributed by atoms with Crippen LogP contribution in [0.4, 0.5) is 5.82 Å². The molecule has 0 saturated carbocycles. The lowest BCUT2D eigenvalue weighted by Gasteiger charge is -2.20. The highest BCUT2D eigenvalue weighted by Crippen LogP contribution is 2.21. The second-order valence-corrected chi connectivity index (χ2v) is 9.83. The van der Waals surface area contributed by atoms with Gasteiger partial charge in [0.25, 0.3) is 0 Å². The predicted octanol–water partition coefficient (Wildman–Crippen LogP) is 5.99. The van der Waals surface area contributed by atoms with Gasteiger partial charge in [-0.1, -0.05) is 62.6 Å². The van der Waals surface area contributed by atoms with E-state index in [4.69, 9.17) is 5.26 Å². The van der Waals surface area contributed by atoms with E-state index in [1.54, 1.807) is 17.1 Å². The van der Waals surface area contributed by atoms with Gasteiger partial charge < -0.3 is 10.6 Å². The van der Waals surface area contributed by atoms with Gasteiger partial charge in [0.05, 0.1) is 17.8 Å². The van der Waals surface area contributed by atoms with Crippen LogP contribution in [0.15, 0.2) is 79.3 Å². The average molecular weight is 521 g/mol. The molecule has 0 saturated heterocycles. The Labute approximate surface area is 230 Å². The van der Waals surface area contributed by atoms with E-state index >= 15 is 0 Å². The summed E-state index contributed by atoms with van der Waals surface area (Å²) in [6.45, 7) is 2.83. The third-order valence-electron chi connectivity index (χ3n) is 6.76. The van der Waals surface area contributed by atoms with Crippen LogP contribution in [0.25, 0.3) is 11.1 Å². The van der Waals surface area contributed by atoms with Crippen molar-refractivity contribution in [3.63, 3.8) is 0 Å². The number of anilines is 1. The van der Waals surface area contributed by atoms with E-state index < -0.39 is 6.04 Å². The molecule has 7 nitrogen and oxygen atoms in total. The van der Waals surface area contributed by atoms with Crippen LogP contribution >= 0.6 is 0 Å². The summed E-state index contributed by atoms with van der Waals surface area (Å²) in [4.78, 5) is 18.0. The van der Waals surface area contributed by atoms with Gasteiger partial charge in [0, 0.05) is 37.1 Å². The summed E-state index contributed by atoms with van der Waals surface area (Å²) in [5.74, 6) is 0.349. The maximum Gasteiger partial charge on any atom is 0.247 e. The zero-order valence-electron chi connectivity index (χ0n) is 22.7. The Balaban J connectivity index is 1.47. The first-order valence-corrected chi connectivity index (χ1v) is 13.6. The van der Waals surface area contributed by atoms with Crippen LogP contribution in [0.5, 0.6) is 0 Å². The van der Waals surface area contributed by atoms with Crippen molar-refractivity contribution >= 4 is 11.7 Å². The number of unbranched alkanes of at least 4 members (excludes halogenated alkanes) is 3. The molecule has 1 amide bonds. The fourth-order valence-corrected chi connectivity index (χ4v) is 4.56. The minimum atomic E-state index is -0.529. The first kappa shape index (κ1) is 27.7. The van der Waals surface area contributed by atoms with Gasteiger partial charge in [0.2, 0.25) is 5.91 Å².